The molecule has 0 aliphatic rings. The predicted octanol–water partition coefficient (Wildman–Crippen LogP) is 0.916. The van der Waals surface area contributed by atoms with E-state index in [1.165, 1.54) is 19.1 Å². The number of carbonyl (C=O) groups excluding carboxylic acids is 1. The lowest BCUT2D eigenvalue weighted by Crippen LogP contribution is -2.24. The van der Waals surface area contributed by atoms with Gasteiger partial charge in [0.05, 0.1) is 11.6 Å². The number of guanidine groups is 1. The zero-order valence-corrected chi connectivity index (χ0v) is 9.61. The third-order valence-electron chi connectivity index (χ3n) is 2.16. The van der Waals surface area contributed by atoms with Crippen molar-refractivity contribution in [3.63, 3.8) is 0 Å². The molecule has 0 atom stereocenters. The van der Waals surface area contributed by atoms with Crippen molar-refractivity contribution in [3.05, 3.63) is 34.6 Å². The summed E-state index contributed by atoms with van der Waals surface area (Å²) in [5, 5.41) is 8.70. The number of nitriles is 1. The molecule has 0 unspecified atom stereocenters. The van der Waals surface area contributed by atoms with E-state index in [2.05, 4.69) is 9.73 Å². The first-order valence-corrected chi connectivity index (χ1v) is 4.90. The maximum Gasteiger partial charge on any atom is 0.437 e. The molecule has 18 heavy (non-hydrogen) atoms. The summed E-state index contributed by atoms with van der Waals surface area (Å²) in [6.45, 7) is 1.16. The van der Waals surface area contributed by atoms with Gasteiger partial charge in [-0.3, -0.25) is 0 Å². The van der Waals surface area contributed by atoms with Crippen molar-refractivity contribution < 1.29 is 13.9 Å². The second kappa shape index (κ2) is 5.63. The summed E-state index contributed by atoms with van der Waals surface area (Å²) in [5.74, 6) is -1.02. The van der Waals surface area contributed by atoms with Crippen molar-refractivity contribution in [2.45, 2.75) is 13.5 Å². The third-order valence-corrected chi connectivity index (χ3v) is 2.16. The first-order chi connectivity index (χ1) is 8.45. The largest absolute Gasteiger partial charge is 0.443 e. The summed E-state index contributed by atoms with van der Waals surface area (Å²) >= 11 is 0. The first-order valence-electron chi connectivity index (χ1n) is 4.90. The topological polar surface area (TPSA) is 114 Å². The van der Waals surface area contributed by atoms with Gasteiger partial charge in [-0.05, 0) is 13.0 Å². The highest BCUT2D eigenvalue weighted by Gasteiger charge is 2.11. The van der Waals surface area contributed by atoms with Crippen molar-refractivity contribution in [2.75, 3.05) is 0 Å². The van der Waals surface area contributed by atoms with Crippen molar-refractivity contribution in [2.24, 2.45) is 16.5 Å². The molecule has 0 aliphatic carbocycles. The molecular formula is C11H11FN4O2. The van der Waals surface area contributed by atoms with Crippen LogP contribution in [0.5, 0.6) is 0 Å². The Balaban J connectivity index is 2.82. The van der Waals surface area contributed by atoms with Crippen molar-refractivity contribution in [3.8, 4) is 6.07 Å². The standard InChI is InChI=1S/C11H11FN4O2/c1-6-7(4-13)2-3-8(9(6)12)5-18-11(17)16-10(14)15/h2-3H,5H2,1H3,(H4,14,15,16,17). The van der Waals surface area contributed by atoms with Crippen molar-refractivity contribution in [1.29, 1.82) is 5.26 Å². The van der Waals surface area contributed by atoms with Crippen LogP contribution in [0.2, 0.25) is 0 Å². The Morgan fingerprint density at radius 2 is 2.22 bits per heavy atom. The fourth-order valence-electron chi connectivity index (χ4n) is 1.25. The number of ether oxygens (including phenoxy) is 1. The Bertz CT molecular complexity index is 545. The molecule has 1 aromatic rings. The van der Waals surface area contributed by atoms with E-state index in [1.807, 2.05) is 6.07 Å². The Hall–Kier alpha value is -2.62. The van der Waals surface area contributed by atoms with Gasteiger partial charge in [-0.1, -0.05) is 6.07 Å². The van der Waals surface area contributed by atoms with Crippen LogP contribution in [0.1, 0.15) is 16.7 Å². The molecule has 0 bridgehead atoms. The minimum atomic E-state index is -1.00. The highest BCUT2D eigenvalue weighted by Crippen LogP contribution is 2.17. The number of hydrogen-bond donors (Lipinski definition) is 2. The normalized spacial score (nSPS) is 9.39. The first kappa shape index (κ1) is 13.4. The summed E-state index contributed by atoms with van der Waals surface area (Å²) in [5.41, 5.74) is 10.5. The van der Waals surface area contributed by atoms with Crippen LogP contribution in [0.25, 0.3) is 0 Å². The number of nitrogens with zero attached hydrogens (tertiary/aromatic N) is 2. The summed E-state index contributed by atoms with van der Waals surface area (Å²) in [4.78, 5) is 14.1. The number of aliphatic imine (C=N–C) groups is 1. The molecular weight excluding hydrogens is 239 g/mol. The number of rotatable bonds is 2. The molecule has 0 saturated heterocycles. The Morgan fingerprint density at radius 3 is 2.78 bits per heavy atom. The van der Waals surface area contributed by atoms with Gasteiger partial charge in [0.2, 0.25) is 0 Å². The van der Waals surface area contributed by atoms with Crippen LogP contribution in [0.3, 0.4) is 0 Å². The number of halogens is 1. The summed E-state index contributed by atoms with van der Waals surface area (Å²) in [7, 11) is 0. The molecule has 1 rings (SSSR count). The number of hydrogen-bond acceptors (Lipinski definition) is 3. The number of carbonyl (C=O) groups is 1. The lowest BCUT2D eigenvalue weighted by molar-refractivity contribution is 0.149. The van der Waals surface area contributed by atoms with Crippen LogP contribution in [0.4, 0.5) is 9.18 Å². The second-order valence-corrected chi connectivity index (χ2v) is 3.41. The fourth-order valence-corrected chi connectivity index (χ4v) is 1.25. The van der Waals surface area contributed by atoms with Gasteiger partial charge in [-0.25, -0.2) is 9.18 Å². The summed E-state index contributed by atoms with van der Waals surface area (Å²) in [6, 6.07) is 4.66. The van der Waals surface area contributed by atoms with Gasteiger partial charge in [-0.15, -0.1) is 4.99 Å². The van der Waals surface area contributed by atoms with Crippen LogP contribution in [-0.4, -0.2) is 12.1 Å². The van der Waals surface area contributed by atoms with Gasteiger partial charge in [-0.2, -0.15) is 5.26 Å². The number of amides is 1. The molecule has 94 valence electrons. The summed E-state index contributed by atoms with van der Waals surface area (Å²) in [6.07, 6.45) is -1.00. The van der Waals surface area contributed by atoms with E-state index >= 15 is 0 Å². The van der Waals surface area contributed by atoms with Crippen molar-refractivity contribution >= 4 is 12.1 Å². The van der Waals surface area contributed by atoms with E-state index < -0.39 is 17.9 Å². The average molecular weight is 250 g/mol. The number of nitrogens with two attached hydrogens (primary N) is 2. The zero-order valence-electron chi connectivity index (χ0n) is 9.61. The molecule has 1 aromatic carbocycles. The van der Waals surface area contributed by atoms with Gasteiger partial charge >= 0.3 is 6.09 Å². The molecule has 0 aliphatic heterocycles. The maximum absolute atomic E-state index is 13.7. The minimum Gasteiger partial charge on any atom is -0.443 e. The van der Waals surface area contributed by atoms with Gasteiger partial charge < -0.3 is 16.2 Å². The third kappa shape index (κ3) is 3.18. The fraction of sp³-hybridized carbons (Fsp3) is 0.182. The van der Waals surface area contributed by atoms with E-state index in [4.69, 9.17) is 16.7 Å². The van der Waals surface area contributed by atoms with Crippen LogP contribution in [-0.2, 0) is 11.3 Å². The van der Waals surface area contributed by atoms with E-state index in [0.29, 0.717) is 0 Å². The maximum atomic E-state index is 13.7. The zero-order chi connectivity index (χ0) is 13.7. The van der Waals surface area contributed by atoms with Crippen LogP contribution in [0.15, 0.2) is 17.1 Å². The molecule has 7 heteroatoms. The quantitative estimate of drug-likeness (QED) is 0.598. The Kier molecular flexibility index (Phi) is 4.21. The highest BCUT2D eigenvalue weighted by molar-refractivity contribution is 5.87. The molecule has 4 N–H and O–H groups in total. The molecule has 6 nitrogen and oxygen atoms in total. The van der Waals surface area contributed by atoms with Crippen molar-refractivity contribution in [1.82, 2.24) is 0 Å². The van der Waals surface area contributed by atoms with Gasteiger partial charge in [0, 0.05) is 11.1 Å². The smallest absolute Gasteiger partial charge is 0.437 e. The lowest BCUT2D eigenvalue weighted by Gasteiger charge is -2.06. The molecule has 1 amide bonds. The highest BCUT2D eigenvalue weighted by atomic mass is 19.1. The number of benzene rings is 1. The minimum absolute atomic E-state index is 0.144. The van der Waals surface area contributed by atoms with E-state index in [1.54, 1.807) is 0 Å². The van der Waals surface area contributed by atoms with Crippen LogP contribution >= 0.6 is 0 Å². The van der Waals surface area contributed by atoms with Crippen LogP contribution in [0, 0.1) is 24.1 Å². The van der Waals surface area contributed by atoms with Gasteiger partial charge in [0.1, 0.15) is 12.4 Å². The predicted molar refractivity (Wildman–Crippen MR) is 61.8 cm³/mol. The molecule has 0 radical (unpaired) electrons. The second-order valence-electron chi connectivity index (χ2n) is 3.41. The van der Waals surface area contributed by atoms with Crippen LogP contribution < -0.4 is 11.5 Å². The molecule has 0 spiro atoms. The van der Waals surface area contributed by atoms with Gasteiger partial charge in [0.15, 0.2) is 5.96 Å². The van der Waals surface area contributed by atoms with E-state index in [9.17, 15) is 9.18 Å². The Labute approximate surface area is 103 Å². The molecule has 0 aromatic heterocycles. The molecule has 0 fully saturated rings. The SMILES string of the molecule is Cc1c(C#N)ccc(COC(=O)N=C(N)N)c1F. The van der Waals surface area contributed by atoms with E-state index in [0.717, 1.165) is 0 Å². The lowest BCUT2D eigenvalue weighted by atomic mass is 10.1. The van der Waals surface area contributed by atoms with Gasteiger partial charge in [0.25, 0.3) is 0 Å². The summed E-state index contributed by atoms with van der Waals surface area (Å²) < 4.78 is 18.4. The average Bonchev–Trinajstić information content (AvgIpc) is 2.30. The van der Waals surface area contributed by atoms with E-state index in [-0.39, 0.29) is 23.3 Å². The monoisotopic (exact) mass is 250 g/mol. The molecule has 0 heterocycles. The Morgan fingerprint density at radius 1 is 1.56 bits per heavy atom. The molecule has 0 saturated carbocycles.